The second kappa shape index (κ2) is 7.49. The van der Waals surface area contributed by atoms with E-state index in [2.05, 4.69) is 0 Å². The molecule has 0 radical (unpaired) electrons. The number of benzene rings is 2. The van der Waals surface area contributed by atoms with Crippen molar-refractivity contribution >= 4 is 5.91 Å². The molecule has 2 aromatic rings. The summed E-state index contributed by atoms with van der Waals surface area (Å²) in [4.78, 5) is 14.5. The average Bonchev–Trinajstić information content (AvgIpc) is 3.02. The minimum atomic E-state index is -0.470. The molecule has 4 heteroatoms. The van der Waals surface area contributed by atoms with Crippen LogP contribution in [0.15, 0.2) is 54.6 Å². The van der Waals surface area contributed by atoms with Crippen LogP contribution in [0.2, 0.25) is 0 Å². The van der Waals surface area contributed by atoms with E-state index >= 15 is 0 Å². The maximum absolute atomic E-state index is 12.7. The fraction of sp³-hybridized carbons (Fsp3) is 0.350. The van der Waals surface area contributed by atoms with Crippen LogP contribution >= 0.6 is 0 Å². The topological polar surface area (TPSA) is 49.8 Å². The molecule has 1 N–H and O–H groups in total. The van der Waals surface area contributed by atoms with Crippen molar-refractivity contribution < 1.29 is 14.6 Å². The Morgan fingerprint density at radius 2 is 2.00 bits per heavy atom. The number of carbonyl (C=O) groups is 1. The third-order valence-electron chi connectivity index (χ3n) is 4.55. The summed E-state index contributed by atoms with van der Waals surface area (Å²) >= 11 is 0. The molecule has 0 aliphatic carbocycles. The van der Waals surface area contributed by atoms with E-state index in [-0.39, 0.29) is 11.9 Å². The van der Waals surface area contributed by atoms with Gasteiger partial charge in [0.05, 0.1) is 19.3 Å². The summed E-state index contributed by atoms with van der Waals surface area (Å²) in [5.41, 5.74) is 2.17. The van der Waals surface area contributed by atoms with Crippen LogP contribution in [-0.4, -0.2) is 35.7 Å². The molecular formula is C20H23NO3. The van der Waals surface area contributed by atoms with Gasteiger partial charge in [-0.25, -0.2) is 0 Å². The Kier molecular flexibility index (Phi) is 5.16. The lowest BCUT2D eigenvalue weighted by atomic mass is 10.0. The highest BCUT2D eigenvalue weighted by molar-refractivity contribution is 5.77. The van der Waals surface area contributed by atoms with Crippen LogP contribution in [0, 0.1) is 0 Å². The molecule has 0 unspecified atom stereocenters. The molecule has 3 rings (SSSR count). The number of ether oxygens (including phenoxy) is 1. The molecule has 0 spiro atoms. The minimum absolute atomic E-state index is 0.0848. The number of methoxy groups -OCH3 is 1. The van der Waals surface area contributed by atoms with E-state index in [1.165, 1.54) is 0 Å². The van der Waals surface area contributed by atoms with Gasteiger partial charge in [0.25, 0.3) is 0 Å². The number of hydrogen-bond acceptors (Lipinski definition) is 3. The molecule has 0 aromatic heterocycles. The van der Waals surface area contributed by atoms with Gasteiger partial charge in [-0.15, -0.1) is 0 Å². The van der Waals surface area contributed by atoms with E-state index in [0.29, 0.717) is 19.4 Å². The van der Waals surface area contributed by atoms with E-state index in [1.54, 1.807) is 7.11 Å². The van der Waals surface area contributed by atoms with Gasteiger partial charge < -0.3 is 14.7 Å². The first-order chi connectivity index (χ1) is 11.7. The molecule has 1 heterocycles. The number of likely N-dealkylation sites (tertiary alicyclic amines) is 1. The first-order valence-corrected chi connectivity index (χ1v) is 8.33. The molecule has 1 aliphatic heterocycles. The molecule has 0 saturated carbocycles. The summed E-state index contributed by atoms with van der Waals surface area (Å²) in [6.07, 6.45) is 1.28. The SMILES string of the molecule is COc1cccc([C@@H]2C[C@@H](O)CN2C(=O)CCc2ccccc2)c1. The second-order valence-corrected chi connectivity index (χ2v) is 6.21. The van der Waals surface area contributed by atoms with Crippen molar-refractivity contribution in [2.75, 3.05) is 13.7 Å². The predicted molar refractivity (Wildman–Crippen MR) is 92.8 cm³/mol. The van der Waals surface area contributed by atoms with Crippen LogP contribution in [0.5, 0.6) is 5.75 Å². The molecule has 1 fully saturated rings. The van der Waals surface area contributed by atoms with Crippen molar-refractivity contribution in [3.05, 3.63) is 65.7 Å². The Labute approximate surface area is 142 Å². The van der Waals surface area contributed by atoms with E-state index < -0.39 is 6.10 Å². The number of rotatable bonds is 5. The summed E-state index contributed by atoms with van der Waals surface area (Å²) in [6, 6.07) is 17.7. The predicted octanol–water partition coefficient (Wildman–Crippen LogP) is 2.96. The van der Waals surface area contributed by atoms with E-state index in [0.717, 1.165) is 23.3 Å². The lowest BCUT2D eigenvalue weighted by molar-refractivity contribution is -0.132. The van der Waals surface area contributed by atoms with Crippen LogP contribution in [0.4, 0.5) is 0 Å². The van der Waals surface area contributed by atoms with Gasteiger partial charge in [-0.2, -0.15) is 0 Å². The highest BCUT2D eigenvalue weighted by atomic mass is 16.5. The zero-order valence-electron chi connectivity index (χ0n) is 13.9. The van der Waals surface area contributed by atoms with Crippen molar-refractivity contribution in [3.8, 4) is 5.75 Å². The molecule has 1 aliphatic rings. The summed E-state index contributed by atoms with van der Waals surface area (Å²) in [5.74, 6) is 0.855. The normalized spacial score (nSPS) is 20.2. The average molecular weight is 325 g/mol. The Bertz CT molecular complexity index is 686. The Balaban J connectivity index is 1.71. The third kappa shape index (κ3) is 3.77. The number of β-amino-alcohol motifs (C(OH)–C–C–N with tert-alkyl or cyclic N) is 1. The van der Waals surface area contributed by atoms with Gasteiger partial charge in [0, 0.05) is 13.0 Å². The standard InChI is InChI=1S/C20H23NO3/c1-24-18-9-5-8-16(12-18)19-13-17(22)14-21(19)20(23)11-10-15-6-3-2-4-7-15/h2-9,12,17,19,22H,10-11,13-14H2,1H3/t17-,19+/m1/s1. The highest BCUT2D eigenvalue weighted by Gasteiger charge is 2.35. The van der Waals surface area contributed by atoms with Gasteiger partial charge in [-0.05, 0) is 36.1 Å². The lowest BCUT2D eigenvalue weighted by Gasteiger charge is -2.25. The Morgan fingerprint density at radius 1 is 1.21 bits per heavy atom. The van der Waals surface area contributed by atoms with Gasteiger partial charge in [0.1, 0.15) is 5.75 Å². The summed E-state index contributed by atoms with van der Waals surface area (Å²) in [5, 5.41) is 10.1. The van der Waals surface area contributed by atoms with Crippen LogP contribution < -0.4 is 4.74 Å². The molecule has 2 atom stereocenters. The van der Waals surface area contributed by atoms with E-state index in [1.807, 2.05) is 59.5 Å². The first-order valence-electron chi connectivity index (χ1n) is 8.33. The molecule has 2 aromatic carbocycles. The number of nitrogens with zero attached hydrogens (tertiary/aromatic N) is 1. The van der Waals surface area contributed by atoms with Gasteiger partial charge in [-0.1, -0.05) is 42.5 Å². The van der Waals surface area contributed by atoms with Crippen LogP contribution in [-0.2, 0) is 11.2 Å². The Morgan fingerprint density at radius 3 is 2.75 bits per heavy atom. The maximum atomic E-state index is 12.7. The van der Waals surface area contributed by atoms with E-state index in [4.69, 9.17) is 4.74 Å². The van der Waals surface area contributed by atoms with Crippen molar-refractivity contribution in [1.29, 1.82) is 0 Å². The number of aryl methyl sites for hydroxylation is 1. The van der Waals surface area contributed by atoms with Crippen molar-refractivity contribution in [3.63, 3.8) is 0 Å². The highest BCUT2D eigenvalue weighted by Crippen LogP contribution is 2.34. The quantitative estimate of drug-likeness (QED) is 0.919. The zero-order chi connectivity index (χ0) is 16.9. The summed E-state index contributed by atoms with van der Waals surface area (Å²) < 4.78 is 5.28. The van der Waals surface area contributed by atoms with E-state index in [9.17, 15) is 9.90 Å². The van der Waals surface area contributed by atoms with Crippen LogP contribution in [0.25, 0.3) is 0 Å². The number of amides is 1. The summed E-state index contributed by atoms with van der Waals surface area (Å²) in [7, 11) is 1.63. The molecule has 1 saturated heterocycles. The Hall–Kier alpha value is -2.33. The second-order valence-electron chi connectivity index (χ2n) is 6.21. The van der Waals surface area contributed by atoms with Gasteiger partial charge in [-0.3, -0.25) is 4.79 Å². The largest absolute Gasteiger partial charge is 0.497 e. The number of hydrogen-bond donors (Lipinski definition) is 1. The zero-order valence-corrected chi connectivity index (χ0v) is 13.9. The monoisotopic (exact) mass is 325 g/mol. The van der Waals surface area contributed by atoms with Crippen molar-refractivity contribution in [1.82, 2.24) is 4.90 Å². The fourth-order valence-electron chi connectivity index (χ4n) is 3.29. The molecule has 0 bridgehead atoms. The lowest BCUT2D eigenvalue weighted by Crippen LogP contribution is -2.31. The molecule has 1 amide bonds. The number of aliphatic hydroxyl groups excluding tert-OH is 1. The van der Waals surface area contributed by atoms with Gasteiger partial charge >= 0.3 is 0 Å². The molecule has 4 nitrogen and oxygen atoms in total. The number of carbonyl (C=O) groups excluding carboxylic acids is 1. The van der Waals surface area contributed by atoms with Gasteiger partial charge in [0.15, 0.2) is 0 Å². The van der Waals surface area contributed by atoms with Crippen molar-refractivity contribution in [2.45, 2.75) is 31.4 Å². The smallest absolute Gasteiger partial charge is 0.223 e. The van der Waals surface area contributed by atoms with Crippen molar-refractivity contribution in [2.24, 2.45) is 0 Å². The van der Waals surface area contributed by atoms with Gasteiger partial charge in [0.2, 0.25) is 5.91 Å². The minimum Gasteiger partial charge on any atom is -0.497 e. The number of aliphatic hydroxyl groups is 1. The summed E-state index contributed by atoms with van der Waals surface area (Å²) in [6.45, 7) is 0.398. The first kappa shape index (κ1) is 16.5. The fourth-order valence-corrected chi connectivity index (χ4v) is 3.29. The maximum Gasteiger partial charge on any atom is 0.223 e. The molecule has 24 heavy (non-hydrogen) atoms. The third-order valence-corrected chi connectivity index (χ3v) is 4.55. The molecular weight excluding hydrogens is 302 g/mol. The van der Waals surface area contributed by atoms with Crippen LogP contribution in [0.1, 0.15) is 30.0 Å². The molecule has 126 valence electrons. The van der Waals surface area contributed by atoms with Crippen LogP contribution in [0.3, 0.4) is 0 Å².